The van der Waals surface area contributed by atoms with Crippen molar-refractivity contribution in [3.8, 4) is 11.5 Å². The zero-order chi connectivity index (χ0) is 14.9. The molecule has 0 aliphatic carbocycles. The molecule has 20 heavy (non-hydrogen) atoms. The highest BCUT2D eigenvalue weighted by Crippen LogP contribution is 2.22. The zero-order valence-corrected chi connectivity index (χ0v) is 11.9. The van der Waals surface area contributed by atoms with E-state index in [1.165, 1.54) is 7.11 Å². The van der Waals surface area contributed by atoms with Gasteiger partial charge in [-0.2, -0.15) is 0 Å². The van der Waals surface area contributed by atoms with Crippen molar-refractivity contribution in [3.63, 3.8) is 0 Å². The number of nitrogen functional groups attached to an aromatic ring is 1. The normalized spacial score (nSPS) is 10.4. The number of methoxy groups -OCH3 is 1. The molecule has 6 nitrogen and oxygen atoms in total. The summed E-state index contributed by atoms with van der Waals surface area (Å²) in [5.74, 6) is -0.0357. The van der Waals surface area contributed by atoms with Crippen LogP contribution < -0.4 is 5.73 Å². The summed E-state index contributed by atoms with van der Waals surface area (Å²) < 4.78 is 4.67. The minimum Gasteiger partial charge on any atom is -0.465 e. The van der Waals surface area contributed by atoms with Crippen molar-refractivity contribution in [2.75, 3.05) is 12.8 Å². The Morgan fingerprint density at radius 3 is 2.50 bits per heavy atom. The van der Waals surface area contributed by atoms with Crippen molar-refractivity contribution in [3.05, 3.63) is 34.6 Å². The van der Waals surface area contributed by atoms with Crippen LogP contribution in [0.5, 0.6) is 0 Å². The number of anilines is 1. The molecule has 2 aromatic heterocycles. The fourth-order valence-corrected chi connectivity index (χ4v) is 2.00. The van der Waals surface area contributed by atoms with Gasteiger partial charge in [-0.1, -0.05) is 6.07 Å². The quantitative estimate of drug-likeness (QED) is 0.839. The largest absolute Gasteiger partial charge is 0.465 e. The van der Waals surface area contributed by atoms with Gasteiger partial charge in [-0.3, -0.25) is 4.98 Å². The molecule has 0 amide bonds. The van der Waals surface area contributed by atoms with Crippen LogP contribution in [0, 0.1) is 20.8 Å². The van der Waals surface area contributed by atoms with Gasteiger partial charge in [-0.15, -0.1) is 0 Å². The van der Waals surface area contributed by atoms with Gasteiger partial charge in [0.2, 0.25) is 0 Å². The maximum absolute atomic E-state index is 11.6. The van der Waals surface area contributed by atoms with Crippen LogP contribution in [0.15, 0.2) is 12.3 Å². The van der Waals surface area contributed by atoms with E-state index in [9.17, 15) is 4.79 Å². The lowest BCUT2D eigenvalue weighted by Crippen LogP contribution is -2.12. The number of aromatic nitrogens is 3. The van der Waals surface area contributed by atoms with Gasteiger partial charge < -0.3 is 10.5 Å². The summed E-state index contributed by atoms with van der Waals surface area (Å²) in [6.07, 6.45) is 1.74. The fourth-order valence-electron chi connectivity index (χ4n) is 2.00. The van der Waals surface area contributed by atoms with Crippen molar-refractivity contribution < 1.29 is 9.53 Å². The molecule has 0 fully saturated rings. The smallest absolute Gasteiger partial charge is 0.343 e. The van der Waals surface area contributed by atoms with Crippen LogP contribution in [-0.4, -0.2) is 28.0 Å². The summed E-state index contributed by atoms with van der Waals surface area (Å²) in [5.41, 5.74) is 9.17. The summed E-state index contributed by atoms with van der Waals surface area (Å²) >= 11 is 0. The first-order chi connectivity index (χ1) is 9.43. The van der Waals surface area contributed by atoms with E-state index in [1.54, 1.807) is 13.1 Å². The number of pyridine rings is 1. The van der Waals surface area contributed by atoms with E-state index in [2.05, 4.69) is 19.7 Å². The highest BCUT2D eigenvalue weighted by molar-refractivity contribution is 5.95. The highest BCUT2D eigenvalue weighted by Gasteiger charge is 2.19. The van der Waals surface area contributed by atoms with Crippen molar-refractivity contribution in [1.29, 1.82) is 0 Å². The number of hydrogen-bond acceptors (Lipinski definition) is 6. The average Bonchev–Trinajstić information content (AvgIpc) is 2.37. The molecule has 0 aromatic carbocycles. The number of carbonyl (C=O) groups is 1. The van der Waals surface area contributed by atoms with Gasteiger partial charge in [0.25, 0.3) is 0 Å². The molecule has 0 bridgehead atoms. The Bertz CT molecular complexity index is 660. The highest BCUT2D eigenvalue weighted by atomic mass is 16.5. The lowest BCUT2D eigenvalue weighted by atomic mass is 10.1. The van der Waals surface area contributed by atoms with Crippen LogP contribution in [0.4, 0.5) is 5.82 Å². The molecule has 0 spiro atoms. The summed E-state index contributed by atoms with van der Waals surface area (Å²) in [6, 6.07) is 1.99. The summed E-state index contributed by atoms with van der Waals surface area (Å²) in [6.45, 7) is 5.58. The second kappa shape index (κ2) is 5.24. The van der Waals surface area contributed by atoms with Gasteiger partial charge in [-0.25, -0.2) is 14.8 Å². The monoisotopic (exact) mass is 272 g/mol. The molecule has 0 aliphatic rings. The van der Waals surface area contributed by atoms with E-state index in [4.69, 9.17) is 5.73 Å². The van der Waals surface area contributed by atoms with Gasteiger partial charge in [0.05, 0.1) is 12.8 Å². The summed E-state index contributed by atoms with van der Waals surface area (Å²) in [4.78, 5) is 24.4. The maximum atomic E-state index is 11.6. The molecule has 104 valence electrons. The molecule has 0 atom stereocenters. The third-order valence-corrected chi connectivity index (χ3v) is 2.93. The SMILES string of the molecule is COC(=O)c1c(C)nc(-c2ncc(C)cc2C)nc1N. The third-order valence-electron chi connectivity index (χ3n) is 2.93. The lowest BCUT2D eigenvalue weighted by molar-refractivity contribution is 0.0600. The lowest BCUT2D eigenvalue weighted by Gasteiger charge is -2.10. The molecular weight excluding hydrogens is 256 g/mol. The summed E-state index contributed by atoms with van der Waals surface area (Å²) in [7, 11) is 1.29. The number of nitrogens with two attached hydrogens (primary N) is 1. The molecule has 0 unspecified atom stereocenters. The van der Waals surface area contributed by atoms with E-state index in [0.29, 0.717) is 17.2 Å². The number of carbonyl (C=O) groups excluding carboxylic acids is 1. The number of ether oxygens (including phenoxy) is 1. The number of esters is 1. The molecule has 0 radical (unpaired) electrons. The third kappa shape index (κ3) is 2.45. The Kier molecular flexibility index (Phi) is 3.65. The van der Waals surface area contributed by atoms with Crippen molar-refractivity contribution in [1.82, 2.24) is 15.0 Å². The van der Waals surface area contributed by atoms with Crippen molar-refractivity contribution >= 4 is 11.8 Å². The Labute approximate surface area is 117 Å². The van der Waals surface area contributed by atoms with E-state index in [1.807, 2.05) is 19.9 Å². The van der Waals surface area contributed by atoms with Gasteiger partial charge in [0, 0.05) is 6.20 Å². The van der Waals surface area contributed by atoms with Gasteiger partial charge >= 0.3 is 5.97 Å². The van der Waals surface area contributed by atoms with Crippen LogP contribution in [0.1, 0.15) is 27.2 Å². The van der Waals surface area contributed by atoms with Crippen molar-refractivity contribution in [2.45, 2.75) is 20.8 Å². The van der Waals surface area contributed by atoms with Crippen LogP contribution in [0.3, 0.4) is 0 Å². The Hall–Kier alpha value is -2.50. The number of hydrogen-bond donors (Lipinski definition) is 1. The minimum atomic E-state index is -0.542. The van der Waals surface area contributed by atoms with E-state index in [-0.39, 0.29) is 11.4 Å². The Balaban J connectivity index is 2.58. The molecule has 0 aliphatic heterocycles. The number of nitrogens with zero attached hydrogens (tertiary/aromatic N) is 3. The average molecular weight is 272 g/mol. The molecule has 2 heterocycles. The maximum Gasteiger partial charge on any atom is 0.343 e. The molecule has 6 heteroatoms. The predicted molar refractivity (Wildman–Crippen MR) is 75.2 cm³/mol. The van der Waals surface area contributed by atoms with Crippen molar-refractivity contribution in [2.24, 2.45) is 0 Å². The van der Waals surface area contributed by atoms with Crippen LogP contribution in [0.2, 0.25) is 0 Å². The predicted octanol–water partition coefficient (Wildman–Crippen LogP) is 1.83. The minimum absolute atomic E-state index is 0.0983. The second-order valence-corrected chi connectivity index (χ2v) is 4.56. The van der Waals surface area contributed by atoms with Gasteiger partial charge in [0.15, 0.2) is 5.82 Å². The molecule has 2 N–H and O–H groups in total. The number of aryl methyl sites for hydroxylation is 3. The van der Waals surface area contributed by atoms with Crippen LogP contribution >= 0.6 is 0 Å². The first-order valence-electron chi connectivity index (χ1n) is 6.10. The molecule has 2 aromatic rings. The number of rotatable bonds is 2. The van der Waals surface area contributed by atoms with Crippen LogP contribution in [-0.2, 0) is 4.74 Å². The van der Waals surface area contributed by atoms with E-state index >= 15 is 0 Å². The van der Waals surface area contributed by atoms with Crippen LogP contribution in [0.25, 0.3) is 11.5 Å². The first-order valence-corrected chi connectivity index (χ1v) is 6.10. The zero-order valence-electron chi connectivity index (χ0n) is 11.9. The fraction of sp³-hybridized carbons (Fsp3) is 0.286. The Morgan fingerprint density at radius 1 is 1.25 bits per heavy atom. The second-order valence-electron chi connectivity index (χ2n) is 4.56. The standard InChI is InChI=1S/C14H16N4O2/c1-7-5-8(2)11(16-6-7)13-17-9(3)10(12(15)18-13)14(19)20-4/h5-6H,1-4H3,(H2,15,17,18). The Morgan fingerprint density at radius 2 is 1.95 bits per heavy atom. The first kappa shape index (κ1) is 13.9. The molecular formula is C14H16N4O2. The van der Waals surface area contributed by atoms with Gasteiger partial charge in [0.1, 0.15) is 17.1 Å². The summed E-state index contributed by atoms with van der Waals surface area (Å²) in [5, 5.41) is 0. The molecule has 0 saturated carbocycles. The van der Waals surface area contributed by atoms with Gasteiger partial charge in [-0.05, 0) is 31.9 Å². The van der Waals surface area contributed by atoms with E-state index in [0.717, 1.165) is 11.1 Å². The molecule has 2 rings (SSSR count). The van der Waals surface area contributed by atoms with E-state index < -0.39 is 5.97 Å². The topological polar surface area (TPSA) is 91.0 Å². The molecule has 0 saturated heterocycles.